The molecule has 0 spiro atoms. The standard InChI is InChI=1S/C29H26NO2P/c1-23-11-9-10-16-28(23)29(22-19-24-17-20-25(32-2)21-18-24)30-33(31,26-12-5-3-6-13-26)27-14-7-4-8-15-27/h3-18,20-21,29H,1-2H3,(H,30,31)/t29-/m0/s1. The van der Waals surface area contributed by atoms with Crippen LogP contribution in [0.15, 0.2) is 109 Å². The van der Waals surface area contributed by atoms with Gasteiger partial charge in [-0.1, -0.05) is 72.5 Å². The zero-order valence-electron chi connectivity index (χ0n) is 18.7. The zero-order valence-corrected chi connectivity index (χ0v) is 19.6. The number of ether oxygens (including phenoxy) is 1. The molecule has 0 aliphatic rings. The second kappa shape index (κ2) is 10.4. The van der Waals surface area contributed by atoms with Crippen molar-refractivity contribution in [2.24, 2.45) is 0 Å². The predicted octanol–water partition coefficient (Wildman–Crippen LogP) is 5.62. The minimum absolute atomic E-state index is 0.431. The summed E-state index contributed by atoms with van der Waals surface area (Å²) in [5, 5.41) is 4.97. The van der Waals surface area contributed by atoms with E-state index in [-0.39, 0.29) is 0 Å². The molecule has 4 aromatic rings. The Bertz CT molecular complexity index is 1260. The van der Waals surface area contributed by atoms with Crippen LogP contribution >= 0.6 is 7.29 Å². The summed E-state index contributed by atoms with van der Waals surface area (Å²) in [6.45, 7) is 2.05. The number of hydrogen-bond acceptors (Lipinski definition) is 2. The fourth-order valence-corrected chi connectivity index (χ4v) is 6.02. The van der Waals surface area contributed by atoms with E-state index in [0.717, 1.165) is 33.0 Å². The first-order chi connectivity index (χ1) is 16.1. The van der Waals surface area contributed by atoms with Crippen LogP contribution < -0.4 is 20.4 Å². The van der Waals surface area contributed by atoms with Gasteiger partial charge < -0.3 is 4.74 Å². The highest BCUT2D eigenvalue weighted by molar-refractivity contribution is 7.76. The lowest BCUT2D eigenvalue weighted by Crippen LogP contribution is -2.30. The van der Waals surface area contributed by atoms with Gasteiger partial charge in [0, 0.05) is 16.2 Å². The lowest BCUT2D eigenvalue weighted by atomic mass is 10.0. The Kier molecular flexibility index (Phi) is 7.10. The van der Waals surface area contributed by atoms with Gasteiger partial charge in [0.15, 0.2) is 0 Å². The molecule has 0 fully saturated rings. The number of rotatable bonds is 6. The first-order valence-electron chi connectivity index (χ1n) is 10.8. The SMILES string of the molecule is COc1ccc(C#C[C@H](NP(=O)(c2ccccc2)c2ccccc2)c2ccccc2C)cc1. The van der Waals surface area contributed by atoms with Crippen molar-refractivity contribution in [1.29, 1.82) is 0 Å². The predicted molar refractivity (Wildman–Crippen MR) is 137 cm³/mol. The molecule has 0 saturated heterocycles. The van der Waals surface area contributed by atoms with Crippen LogP contribution in [0.2, 0.25) is 0 Å². The van der Waals surface area contributed by atoms with Gasteiger partial charge in [-0.2, -0.15) is 0 Å². The molecule has 0 aliphatic carbocycles. The summed E-state index contributed by atoms with van der Waals surface area (Å²) >= 11 is 0. The summed E-state index contributed by atoms with van der Waals surface area (Å²) in [4.78, 5) is 0. The average Bonchev–Trinajstić information content (AvgIpc) is 2.88. The van der Waals surface area contributed by atoms with Gasteiger partial charge in [-0.3, -0.25) is 4.57 Å². The van der Waals surface area contributed by atoms with Gasteiger partial charge in [0.25, 0.3) is 0 Å². The Balaban J connectivity index is 1.80. The summed E-state index contributed by atoms with van der Waals surface area (Å²) in [6.07, 6.45) is 0. The first-order valence-corrected chi connectivity index (χ1v) is 12.5. The van der Waals surface area contributed by atoms with Crippen molar-refractivity contribution in [1.82, 2.24) is 5.09 Å². The number of hydrogen-bond donors (Lipinski definition) is 1. The van der Waals surface area contributed by atoms with Crippen LogP contribution in [0.3, 0.4) is 0 Å². The van der Waals surface area contributed by atoms with Crippen molar-refractivity contribution in [2.45, 2.75) is 13.0 Å². The van der Waals surface area contributed by atoms with Gasteiger partial charge in [-0.15, -0.1) is 0 Å². The molecular weight excluding hydrogens is 425 g/mol. The van der Waals surface area contributed by atoms with E-state index >= 15 is 0 Å². The van der Waals surface area contributed by atoms with Gasteiger partial charge >= 0.3 is 0 Å². The number of nitrogens with one attached hydrogen (secondary N) is 1. The fourth-order valence-electron chi connectivity index (χ4n) is 3.68. The second-order valence-electron chi connectivity index (χ2n) is 7.70. The molecule has 33 heavy (non-hydrogen) atoms. The van der Waals surface area contributed by atoms with E-state index in [9.17, 15) is 4.57 Å². The second-order valence-corrected chi connectivity index (χ2v) is 10.2. The molecule has 1 atom stereocenters. The van der Waals surface area contributed by atoms with Gasteiger partial charge in [0.1, 0.15) is 11.8 Å². The van der Waals surface area contributed by atoms with Crippen LogP contribution in [0, 0.1) is 18.8 Å². The molecule has 164 valence electrons. The van der Waals surface area contributed by atoms with E-state index in [4.69, 9.17) is 4.74 Å². The van der Waals surface area contributed by atoms with E-state index in [0.29, 0.717) is 0 Å². The highest BCUT2D eigenvalue weighted by atomic mass is 31.2. The van der Waals surface area contributed by atoms with Crippen LogP contribution in [-0.2, 0) is 4.57 Å². The minimum Gasteiger partial charge on any atom is -0.497 e. The van der Waals surface area contributed by atoms with Crippen LogP contribution in [-0.4, -0.2) is 7.11 Å². The highest BCUT2D eigenvalue weighted by Crippen LogP contribution is 2.42. The van der Waals surface area contributed by atoms with Crippen LogP contribution in [0.1, 0.15) is 22.7 Å². The summed E-state index contributed by atoms with van der Waals surface area (Å²) in [6, 6.07) is 34.4. The summed E-state index contributed by atoms with van der Waals surface area (Å²) in [7, 11) is -1.53. The van der Waals surface area contributed by atoms with Crippen molar-refractivity contribution < 1.29 is 9.30 Å². The van der Waals surface area contributed by atoms with Crippen LogP contribution in [0.5, 0.6) is 5.75 Å². The molecule has 4 heteroatoms. The van der Waals surface area contributed by atoms with Gasteiger partial charge in [0.2, 0.25) is 7.29 Å². The molecule has 0 unspecified atom stereocenters. The first kappa shape index (κ1) is 22.6. The largest absolute Gasteiger partial charge is 0.497 e. The lowest BCUT2D eigenvalue weighted by molar-refractivity contribution is 0.415. The Morgan fingerprint density at radius 2 is 1.30 bits per heavy atom. The lowest BCUT2D eigenvalue weighted by Gasteiger charge is -2.25. The maximum Gasteiger partial charge on any atom is 0.205 e. The zero-order chi connectivity index (χ0) is 23.1. The van der Waals surface area contributed by atoms with E-state index in [1.807, 2.05) is 103 Å². The normalized spacial score (nSPS) is 11.8. The van der Waals surface area contributed by atoms with E-state index < -0.39 is 13.3 Å². The summed E-state index contributed by atoms with van der Waals surface area (Å²) in [5.74, 6) is 7.39. The molecule has 1 N–H and O–H groups in total. The van der Waals surface area contributed by atoms with Crippen molar-refractivity contribution in [2.75, 3.05) is 7.11 Å². The monoisotopic (exact) mass is 451 g/mol. The summed E-state index contributed by atoms with van der Waals surface area (Å²) < 4.78 is 19.9. The molecule has 0 radical (unpaired) electrons. The molecule has 4 rings (SSSR count). The Morgan fingerprint density at radius 3 is 1.85 bits per heavy atom. The van der Waals surface area contributed by atoms with Crippen molar-refractivity contribution in [3.8, 4) is 17.6 Å². The number of benzene rings is 4. The average molecular weight is 452 g/mol. The Hall–Kier alpha value is -3.57. The molecule has 0 bridgehead atoms. The Labute approximate surface area is 195 Å². The third-order valence-corrected chi connectivity index (χ3v) is 8.17. The van der Waals surface area contributed by atoms with Crippen LogP contribution in [0.25, 0.3) is 0 Å². The van der Waals surface area contributed by atoms with Crippen molar-refractivity contribution >= 4 is 17.9 Å². The number of aryl methyl sites for hydroxylation is 1. The number of methoxy groups -OCH3 is 1. The maximum absolute atomic E-state index is 14.6. The van der Waals surface area contributed by atoms with E-state index in [1.165, 1.54) is 0 Å². The van der Waals surface area contributed by atoms with Gasteiger partial charge in [-0.05, 0) is 66.6 Å². The Morgan fingerprint density at radius 1 is 0.758 bits per heavy atom. The summed E-state index contributed by atoms with van der Waals surface area (Å²) in [5.41, 5.74) is 2.96. The fraction of sp³-hybridized carbons (Fsp3) is 0.103. The smallest absolute Gasteiger partial charge is 0.205 e. The molecule has 0 saturated carbocycles. The molecular formula is C29H26NO2P. The van der Waals surface area contributed by atoms with E-state index in [1.54, 1.807) is 7.11 Å². The molecule has 0 aromatic heterocycles. The topological polar surface area (TPSA) is 38.3 Å². The van der Waals surface area contributed by atoms with Crippen LogP contribution in [0.4, 0.5) is 0 Å². The van der Waals surface area contributed by atoms with E-state index in [2.05, 4.69) is 29.9 Å². The molecule has 0 heterocycles. The minimum atomic E-state index is -3.17. The van der Waals surface area contributed by atoms with Crippen molar-refractivity contribution in [3.05, 3.63) is 126 Å². The third-order valence-electron chi connectivity index (χ3n) is 5.50. The molecule has 0 aliphatic heterocycles. The van der Waals surface area contributed by atoms with Gasteiger partial charge in [0.05, 0.1) is 7.11 Å². The van der Waals surface area contributed by atoms with Gasteiger partial charge in [-0.25, -0.2) is 5.09 Å². The molecule has 3 nitrogen and oxygen atoms in total. The highest BCUT2D eigenvalue weighted by Gasteiger charge is 2.30. The maximum atomic E-state index is 14.6. The third kappa shape index (κ3) is 5.26. The molecule has 4 aromatic carbocycles. The quantitative estimate of drug-likeness (QED) is 0.306. The molecule has 0 amide bonds. The van der Waals surface area contributed by atoms with Crippen molar-refractivity contribution in [3.63, 3.8) is 0 Å².